The number of amides is 1. The molecule has 0 atom stereocenters. The van der Waals surface area contributed by atoms with Gasteiger partial charge in [-0.15, -0.1) is 0 Å². The Morgan fingerprint density at radius 2 is 1.75 bits per heavy atom. The Kier molecular flexibility index (Phi) is 8.04. The maximum atomic E-state index is 12.7. The van der Waals surface area contributed by atoms with Crippen LogP contribution in [0.5, 0.6) is 0 Å². The van der Waals surface area contributed by atoms with Crippen LogP contribution in [-0.4, -0.2) is 41.0 Å². The largest absolute Gasteiger partial charge is 0.466 e. The van der Waals surface area contributed by atoms with E-state index in [0.717, 1.165) is 17.0 Å². The topological polar surface area (TPSA) is 108 Å². The van der Waals surface area contributed by atoms with Gasteiger partial charge in [-0.25, -0.2) is 14.8 Å². The van der Waals surface area contributed by atoms with Crippen LogP contribution in [0, 0.1) is 0 Å². The van der Waals surface area contributed by atoms with Gasteiger partial charge < -0.3 is 9.47 Å². The Hall–Kier alpha value is -3.33. The summed E-state index contributed by atoms with van der Waals surface area (Å²) in [5, 5.41) is 0.803. The molecule has 0 unspecified atom stereocenters. The van der Waals surface area contributed by atoms with Gasteiger partial charge in [0.05, 0.1) is 13.2 Å². The lowest BCUT2D eigenvalue weighted by Gasteiger charge is -2.22. The Balaban J connectivity index is 2.31. The molecule has 0 radical (unpaired) electrons. The van der Waals surface area contributed by atoms with E-state index in [4.69, 9.17) is 14.3 Å². The fraction of sp³-hybridized carbons (Fsp3) is 0.316. The summed E-state index contributed by atoms with van der Waals surface area (Å²) in [6.07, 6.45) is 1.81. The molecule has 0 spiro atoms. The van der Waals surface area contributed by atoms with Gasteiger partial charge in [-0.3, -0.25) is 14.4 Å². The van der Waals surface area contributed by atoms with Crippen molar-refractivity contribution in [1.29, 1.82) is 0 Å². The quantitative estimate of drug-likeness (QED) is 0.366. The minimum absolute atomic E-state index is 0.0155. The van der Waals surface area contributed by atoms with Gasteiger partial charge in [0.1, 0.15) is 24.9 Å². The normalized spacial score (nSPS) is 10.2. The van der Waals surface area contributed by atoms with Gasteiger partial charge in [0, 0.05) is 6.20 Å². The molecule has 2 rings (SSSR count). The first kappa shape index (κ1) is 21.0. The maximum Gasteiger partial charge on any atom is 0.343 e. The first-order chi connectivity index (χ1) is 13.6. The lowest BCUT2D eigenvalue weighted by atomic mass is 10.2. The first-order valence-corrected chi connectivity index (χ1v) is 8.69. The number of hydrogen-bond donors (Lipinski definition) is 0. The van der Waals surface area contributed by atoms with E-state index in [-0.39, 0.29) is 31.2 Å². The van der Waals surface area contributed by atoms with Crippen LogP contribution in [0.15, 0.2) is 42.9 Å². The molecule has 1 aromatic heterocycles. The Morgan fingerprint density at radius 3 is 2.43 bits per heavy atom. The zero-order valence-corrected chi connectivity index (χ0v) is 15.7. The number of anilines is 1. The van der Waals surface area contributed by atoms with Crippen LogP contribution in [0.3, 0.4) is 0 Å². The van der Waals surface area contributed by atoms with Crippen LogP contribution in [0.2, 0.25) is 0 Å². The van der Waals surface area contributed by atoms with Gasteiger partial charge in [-0.2, -0.15) is 5.06 Å². The lowest BCUT2D eigenvalue weighted by Crippen LogP contribution is -2.35. The van der Waals surface area contributed by atoms with Gasteiger partial charge >= 0.3 is 11.9 Å². The smallest absolute Gasteiger partial charge is 0.343 e. The molecular weight excluding hydrogens is 366 g/mol. The molecule has 0 aliphatic rings. The third-order valence-electron chi connectivity index (χ3n) is 3.41. The van der Waals surface area contributed by atoms with Crippen molar-refractivity contribution in [3.63, 3.8) is 0 Å². The molecule has 0 aliphatic carbocycles. The fourth-order valence-corrected chi connectivity index (χ4v) is 2.21. The van der Waals surface area contributed by atoms with E-state index in [1.54, 1.807) is 26.0 Å². The van der Waals surface area contributed by atoms with Crippen LogP contribution in [0.25, 0.3) is 0 Å². The predicted molar refractivity (Wildman–Crippen MR) is 98.0 cm³/mol. The molecule has 9 nitrogen and oxygen atoms in total. The van der Waals surface area contributed by atoms with Gasteiger partial charge in [0.25, 0.3) is 5.91 Å². The molecule has 148 valence electrons. The third-order valence-corrected chi connectivity index (χ3v) is 3.41. The van der Waals surface area contributed by atoms with Crippen molar-refractivity contribution >= 4 is 23.7 Å². The number of benzene rings is 1. The molecule has 1 heterocycles. The minimum Gasteiger partial charge on any atom is -0.466 e. The Labute approximate surface area is 162 Å². The van der Waals surface area contributed by atoms with E-state index in [0.29, 0.717) is 0 Å². The highest BCUT2D eigenvalue weighted by molar-refractivity contribution is 6.05. The highest BCUT2D eigenvalue weighted by Gasteiger charge is 2.27. The zero-order valence-electron chi connectivity index (χ0n) is 15.7. The molecule has 0 N–H and O–H groups in total. The van der Waals surface area contributed by atoms with E-state index in [1.807, 2.05) is 18.2 Å². The van der Waals surface area contributed by atoms with Crippen molar-refractivity contribution in [2.45, 2.75) is 26.9 Å². The van der Waals surface area contributed by atoms with Gasteiger partial charge in [-0.1, -0.05) is 30.3 Å². The number of ether oxygens (including phenoxy) is 2. The van der Waals surface area contributed by atoms with E-state index in [2.05, 4.69) is 9.97 Å². The van der Waals surface area contributed by atoms with E-state index in [1.165, 1.54) is 6.20 Å². The summed E-state index contributed by atoms with van der Waals surface area (Å²) in [7, 11) is 0. The van der Waals surface area contributed by atoms with Crippen molar-refractivity contribution in [1.82, 2.24) is 9.97 Å². The zero-order chi connectivity index (χ0) is 20.4. The molecule has 0 bridgehead atoms. The van der Waals surface area contributed by atoms with E-state index in [9.17, 15) is 14.4 Å². The van der Waals surface area contributed by atoms with Crippen LogP contribution in [0.1, 0.15) is 36.2 Å². The van der Waals surface area contributed by atoms with Crippen LogP contribution < -0.4 is 5.06 Å². The molecule has 0 saturated carbocycles. The highest BCUT2D eigenvalue weighted by atomic mass is 16.7. The number of carbonyl (C=O) groups is 3. The highest BCUT2D eigenvalue weighted by Crippen LogP contribution is 2.20. The van der Waals surface area contributed by atoms with E-state index >= 15 is 0 Å². The second-order valence-corrected chi connectivity index (χ2v) is 5.41. The first-order valence-electron chi connectivity index (χ1n) is 8.69. The molecule has 28 heavy (non-hydrogen) atoms. The lowest BCUT2D eigenvalue weighted by molar-refractivity contribution is -0.147. The summed E-state index contributed by atoms with van der Waals surface area (Å²) in [4.78, 5) is 50.0. The monoisotopic (exact) mass is 387 g/mol. The van der Waals surface area contributed by atoms with Crippen molar-refractivity contribution in [3.05, 3.63) is 54.0 Å². The van der Waals surface area contributed by atoms with Crippen molar-refractivity contribution < 1.29 is 28.7 Å². The maximum absolute atomic E-state index is 12.7. The number of hydroxylamine groups is 1. The molecular formula is C19H21N3O6. The van der Waals surface area contributed by atoms with Gasteiger partial charge in [-0.05, 0) is 19.4 Å². The molecule has 2 aromatic rings. The molecule has 0 saturated heterocycles. The number of carbonyl (C=O) groups excluding carboxylic acids is 3. The van der Waals surface area contributed by atoms with Gasteiger partial charge in [0.15, 0.2) is 5.82 Å². The van der Waals surface area contributed by atoms with Crippen molar-refractivity contribution in [2.75, 3.05) is 18.3 Å². The van der Waals surface area contributed by atoms with Crippen molar-refractivity contribution in [2.24, 2.45) is 0 Å². The van der Waals surface area contributed by atoms with Crippen LogP contribution in [-0.2, 0) is 30.5 Å². The van der Waals surface area contributed by atoms with Crippen LogP contribution >= 0.6 is 0 Å². The average Bonchev–Trinajstić information content (AvgIpc) is 2.69. The second kappa shape index (κ2) is 10.7. The van der Waals surface area contributed by atoms with Gasteiger partial charge in [0.2, 0.25) is 0 Å². The SMILES string of the molecule is CCOC(=O)CC(=O)N(OCc1ccccc1)c1ncncc1C(=O)OCC. The molecule has 9 heteroatoms. The molecule has 1 amide bonds. The average molecular weight is 387 g/mol. The van der Waals surface area contributed by atoms with E-state index < -0.39 is 24.3 Å². The minimum atomic E-state index is -0.737. The summed E-state index contributed by atoms with van der Waals surface area (Å²) >= 11 is 0. The van der Waals surface area contributed by atoms with Crippen LogP contribution in [0.4, 0.5) is 5.82 Å². The Morgan fingerprint density at radius 1 is 1.04 bits per heavy atom. The van der Waals surface area contributed by atoms with Crippen molar-refractivity contribution in [3.8, 4) is 0 Å². The molecule has 0 aliphatic heterocycles. The molecule has 0 fully saturated rings. The Bertz CT molecular complexity index is 812. The second-order valence-electron chi connectivity index (χ2n) is 5.41. The standard InChI is InChI=1S/C19H21N3O6/c1-3-26-17(24)10-16(23)22(28-12-14-8-6-5-7-9-14)18-15(11-20-13-21-18)19(25)27-4-2/h5-9,11,13H,3-4,10,12H2,1-2H3. The summed E-state index contributed by atoms with van der Waals surface area (Å²) in [6, 6.07) is 9.09. The third kappa shape index (κ3) is 5.85. The molecule has 1 aromatic carbocycles. The number of nitrogens with zero attached hydrogens (tertiary/aromatic N) is 3. The predicted octanol–water partition coefficient (Wildman–Crippen LogP) is 2.07. The fourth-order valence-electron chi connectivity index (χ4n) is 2.21. The number of esters is 2. The summed E-state index contributed by atoms with van der Waals surface area (Å²) in [6.45, 7) is 3.57. The summed E-state index contributed by atoms with van der Waals surface area (Å²) in [5.74, 6) is -2.28. The number of rotatable bonds is 9. The number of hydrogen-bond acceptors (Lipinski definition) is 8. The number of aromatic nitrogens is 2. The summed E-state index contributed by atoms with van der Waals surface area (Å²) in [5.41, 5.74) is 0.720. The summed E-state index contributed by atoms with van der Waals surface area (Å²) < 4.78 is 9.79.